The van der Waals surface area contributed by atoms with Gasteiger partial charge in [0, 0.05) is 25.7 Å². The average molecular weight is 252 g/mol. The molecule has 0 fully saturated rings. The summed E-state index contributed by atoms with van der Waals surface area (Å²) in [6, 6.07) is 2.03. The highest BCUT2D eigenvalue weighted by molar-refractivity contribution is 5.93. The second-order valence-electron chi connectivity index (χ2n) is 4.57. The minimum Gasteiger partial charge on any atom is -0.334 e. The molecule has 5 nitrogen and oxygen atoms in total. The highest BCUT2D eigenvalue weighted by Gasteiger charge is 2.22. The Labute approximate surface area is 109 Å². The van der Waals surface area contributed by atoms with E-state index in [0.29, 0.717) is 25.3 Å². The number of carbonyl (C=O) groups excluding carboxylic acids is 1. The summed E-state index contributed by atoms with van der Waals surface area (Å²) in [4.78, 5) is 14.3. The van der Waals surface area contributed by atoms with Crippen molar-refractivity contribution < 1.29 is 4.79 Å². The van der Waals surface area contributed by atoms with Crippen molar-refractivity contribution in [2.75, 3.05) is 13.1 Å². The van der Waals surface area contributed by atoms with Crippen molar-refractivity contribution in [3.8, 4) is 0 Å². The highest BCUT2D eigenvalue weighted by atomic mass is 16.2. The Kier molecular flexibility index (Phi) is 5.34. The van der Waals surface area contributed by atoms with Crippen LogP contribution in [0.3, 0.4) is 0 Å². The third-order valence-corrected chi connectivity index (χ3v) is 2.97. The van der Waals surface area contributed by atoms with Gasteiger partial charge < -0.3 is 10.6 Å². The van der Waals surface area contributed by atoms with Gasteiger partial charge in [0.1, 0.15) is 5.69 Å². The standard InChI is InChI=1S/C13H24N4O/c1-5-11-9-12(17(6-2)15-11)13(18)16(8-7-14)10(3)4/h9-10H,5-8,14H2,1-4H3. The molecule has 1 rings (SSSR count). The topological polar surface area (TPSA) is 64.2 Å². The molecule has 102 valence electrons. The second kappa shape index (κ2) is 6.54. The van der Waals surface area contributed by atoms with Crippen LogP contribution in [0.25, 0.3) is 0 Å². The summed E-state index contributed by atoms with van der Waals surface area (Å²) < 4.78 is 1.77. The number of nitrogens with two attached hydrogens (primary N) is 1. The molecule has 0 spiro atoms. The monoisotopic (exact) mass is 252 g/mol. The van der Waals surface area contributed by atoms with Crippen molar-refractivity contribution in [2.24, 2.45) is 5.73 Å². The van der Waals surface area contributed by atoms with E-state index in [2.05, 4.69) is 5.10 Å². The molecule has 0 saturated carbocycles. The van der Waals surface area contributed by atoms with E-state index in [4.69, 9.17) is 5.73 Å². The molecule has 0 aromatic carbocycles. The van der Waals surface area contributed by atoms with Crippen LogP contribution in [-0.4, -0.2) is 39.7 Å². The Morgan fingerprint density at radius 1 is 1.50 bits per heavy atom. The summed E-state index contributed by atoms with van der Waals surface area (Å²) in [6.07, 6.45) is 0.839. The fraction of sp³-hybridized carbons (Fsp3) is 0.692. The zero-order valence-electron chi connectivity index (χ0n) is 11.8. The van der Waals surface area contributed by atoms with Gasteiger partial charge in [-0.15, -0.1) is 0 Å². The van der Waals surface area contributed by atoms with Crippen LogP contribution >= 0.6 is 0 Å². The molecular formula is C13H24N4O. The summed E-state index contributed by atoms with van der Waals surface area (Å²) in [5.41, 5.74) is 7.19. The average Bonchev–Trinajstić information content (AvgIpc) is 2.78. The molecule has 0 atom stereocenters. The third-order valence-electron chi connectivity index (χ3n) is 2.97. The smallest absolute Gasteiger partial charge is 0.272 e. The number of rotatable bonds is 6. The molecule has 0 aliphatic heterocycles. The Morgan fingerprint density at radius 3 is 2.61 bits per heavy atom. The fourth-order valence-corrected chi connectivity index (χ4v) is 1.94. The van der Waals surface area contributed by atoms with E-state index in [1.807, 2.05) is 33.8 Å². The van der Waals surface area contributed by atoms with Crippen molar-refractivity contribution in [1.29, 1.82) is 0 Å². The maximum Gasteiger partial charge on any atom is 0.272 e. The van der Waals surface area contributed by atoms with E-state index in [0.717, 1.165) is 12.1 Å². The first-order valence-corrected chi connectivity index (χ1v) is 6.62. The van der Waals surface area contributed by atoms with Crippen LogP contribution < -0.4 is 5.73 Å². The molecule has 5 heteroatoms. The van der Waals surface area contributed by atoms with Crippen molar-refractivity contribution in [2.45, 2.75) is 46.7 Å². The Balaban J connectivity index is 3.03. The molecule has 1 heterocycles. The van der Waals surface area contributed by atoms with Gasteiger partial charge in [0.25, 0.3) is 5.91 Å². The lowest BCUT2D eigenvalue weighted by molar-refractivity contribution is 0.0699. The molecule has 18 heavy (non-hydrogen) atoms. The van der Waals surface area contributed by atoms with Crippen LogP contribution in [-0.2, 0) is 13.0 Å². The van der Waals surface area contributed by atoms with Crippen LogP contribution in [0.4, 0.5) is 0 Å². The Bertz CT molecular complexity index is 398. The van der Waals surface area contributed by atoms with Gasteiger partial charge in [-0.1, -0.05) is 6.92 Å². The molecule has 1 aromatic heterocycles. The van der Waals surface area contributed by atoms with Crippen LogP contribution in [0.1, 0.15) is 43.9 Å². The highest BCUT2D eigenvalue weighted by Crippen LogP contribution is 2.11. The van der Waals surface area contributed by atoms with Gasteiger partial charge in [0.15, 0.2) is 0 Å². The van der Waals surface area contributed by atoms with Gasteiger partial charge in [-0.3, -0.25) is 9.48 Å². The molecule has 0 bridgehead atoms. The van der Waals surface area contributed by atoms with Crippen molar-refractivity contribution >= 4 is 5.91 Å². The maximum absolute atomic E-state index is 12.5. The molecule has 0 aliphatic carbocycles. The van der Waals surface area contributed by atoms with E-state index >= 15 is 0 Å². The minimum absolute atomic E-state index is 0.0181. The van der Waals surface area contributed by atoms with Gasteiger partial charge in [-0.05, 0) is 33.3 Å². The van der Waals surface area contributed by atoms with Gasteiger partial charge >= 0.3 is 0 Å². The van der Waals surface area contributed by atoms with Crippen molar-refractivity contribution in [3.63, 3.8) is 0 Å². The normalized spacial score (nSPS) is 11.0. The molecule has 1 amide bonds. The van der Waals surface area contributed by atoms with Crippen LogP contribution in [0, 0.1) is 0 Å². The number of aromatic nitrogens is 2. The van der Waals surface area contributed by atoms with Crippen molar-refractivity contribution in [3.05, 3.63) is 17.5 Å². The van der Waals surface area contributed by atoms with Gasteiger partial charge in [-0.2, -0.15) is 5.10 Å². The molecule has 0 unspecified atom stereocenters. The number of hydrogen-bond donors (Lipinski definition) is 1. The fourth-order valence-electron chi connectivity index (χ4n) is 1.94. The number of aryl methyl sites for hydroxylation is 2. The second-order valence-corrected chi connectivity index (χ2v) is 4.57. The van der Waals surface area contributed by atoms with E-state index < -0.39 is 0 Å². The lowest BCUT2D eigenvalue weighted by Gasteiger charge is -2.26. The molecular weight excluding hydrogens is 228 g/mol. The Morgan fingerprint density at radius 2 is 2.17 bits per heavy atom. The molecule has 0 saturated heterocycles. The Hall–Kier alpha value is -1.36. The molecule has 2 N–H and O–H groups in total. The van der Waals surface area contributed by atoms with E-state index in [1.165, 1.54) is 0 Å². The van der Waals surface area contributed by atoms with Gasteiger partial charge in [0.2, 0.25) is 0 Å². The zero-order chi connectivity index (χ0) is 13.7. The van der Waals surface area contributed by atoms with Gasteiger partial charge in [0.05, 0.1) is 5.69 Å². The number of hydrogen-bond acceptors (Lipinski definition) is 3. The zero-order valence-corrected chi connectivity index (χ0v) is 11.8. The predicted molar refractivity (Wildman–Crippen MR) is 72.5 cm³/mol. The summed E-state index contributed by atoms with van der Waals surface area (Å²) in [5, 5.41) is 4.41. The quantitative estimate of drug-likeness (QED) is 0.829. The van der Waals surface area contributed by atoms with Crippen LogP contribution in [0.15, 0.2) is 6.07 Å². The minimum atomic E-state index is 0.0181. The molecule has 0 aliphatic rings. The first kappa shape index (κ1) is 14.7. The first-order chi connectivity index (χ1) is 8.54. The summed E-state index contributed by atoms with van der Waals surface area (Å²) >= 11 is 0. The summed E-state index contributed by atoms with van der Waals surface area (Å²) in [6.45, 7) is 9.79. The maximum atomic E-state index is 12.5. The summed E-state index contributed by atoms with van der Waals surface area (Å²) in [5.74, 6) is 0.0181. The number of carbonyl (C=O) groups is 1. The molecule has 0 radical (unpaired) electrons. The van der Waals surface area contributed by atoms with E-state index in [-0.39, 0.29) is 11.9 Å². The third kappa shape index (κ3) is 3.10. The number of amides is 1. The van der Waals surface area contributed by atoms with Crippen LogP contribution in [0.5, 0.6) is 0 Å². The lowest BCUT2D eigenvalue weighted by atomic mass is 10.2. The van der Waals surface area contributed by atoms with Gasteiger partial charge in [-0.25, -0.2) is 0 Å². The van der Waals surface area contributed by atoms with Crippen molar-refractivity contribution in [1.82, 2.24) is 14.7 Å². The van der Waals surface area contributed by atoms with E-state index in [9.17, 15) is 4.79 Å². The number of nitrogens with zero attached hydrogens (tertiary/aromatic N) is 3. The van der Waals surface area contributed by atoms with Crippen LogP contribution in [0.2, 0.25) is 0 Å². The predicted octanol–water partition coefficient (Wildman–Crippen LogP) is 1.27. The summed E-state index contributed by atoms with van der Waals surface area (Å²) in [7, 11) is 0. The largest absolute Gasteiger partial charge is 0.334 e. The molecule has 1 aromatic rings. The first-order valence-electron chi connectivity index (χ1n) is 6.62. The van der Waals surface area contributed by atoms with E-state index in [1.54, 1.807) is 9.58 Å². The lowest BCUT2D eigenvalue weighted by Crippen LogP contribution is -2.41. The SMILES string of the molecule is CCc1cc(C(=O)N(CCN)C(C)C)n(CC)n1.